The number of methoxy groups -OCH3 is 2. The Hall–Kier alpha value is -3.56. The van der Waals surface area contributed by atoms with Crippen molar-refractivity contribution in [2.45, 2.75) is 6.92 Å². The minimum absolute atomic E-state index is 0.164. The van der Waals surface area contributed by atoms with Crippen LogP contribution in [0.5, 0.6) is 11.5 Å². The molecule has 1 N–H and O–H groups in total. The summed E-state index contributed by atoms with van der Waals surface area (Å²) in [6, 6.07) is 11.5. The molecule has 2 aromatic carbocycles. The molecule has 0 atom stereocenters. The van der Waals surface area contributed by atoms with E-state index in [0.29, 0.717) is 22.1 Å². The Morgan fingerprint density at radius 3 is 2.18 bits per heavy atom. The van der Waals surface area contributed by atoms with Gasteiger partial charge in [-0.1, -0.05) is 23.7 Å². The summed E-state index contributed by atoms with van der Waals surface area (Å²) < 4.78 is 20.6. The molecule has 0 aliphatic heterocycles. The van der Waals surface area contributed by atoms with Crippen LogP contribution in [0.2, 0.25) is 5.02 Å². The molecule has 1 amide bonds. The quantitative estimate of drug-likeness (QED) is 0.407. The minimum atomic E-state index is -0.731. The van der Waals surface area contributed by atoms with Gasteiger partial charge in [-0.25, -0.2) is 9.59 Å². The fourth-order valence-electron chi connectivity index (χ4n) is 3.00. The number of hydrogen-bond acceptors (Lipinski definition) is 8. The van der Waals surface area contributed by atoms with E-state index >= 15 is 0 Å². The summed E-state index contributed by atoms with van der Waals surface area (Å²) in [6.07, 6.45) is 0. The van der Waals surface area contributed by atoms with Crippen molar-refractivity contribution in [1.82, 2.24) is 0 Å². The third-order valence-corrected chi connectivity index (χ3v) is 5.75. The molecule has 1 aromatic heterocycles. The molecular weight excluding hydrogens is 482 g/mol. The van der Waals surface area contributed by atoms with E-state index in [1.165, 1.54) is 26.4 Å². The summed E-state index contributed by atoms with van der Waals surface area (Å²) in [5, 5.41) is 5.21. The number of nitrogens with one attached hydrogen (secondary N) is 1. The second-order valence-corrected chi connectivity index (χ2v) is 8.12. The molecule has 0 radical (unpaired) electrons. The van der Waals surface area contributed by atoms with E-state index in [1.807, 2.05) is 0 Å². The summed E-state index contributed by atoms with van der Waals surface area (Å²) in [6.45, 7) is 1.30. The maximum atomic E-state index is 12.6. The first-order chi connectivity index (χ1) is 16.4. The van der Waals surface area contributed by atoms with Crippen LogP contribution in [0.25, 0.3) is 11.1 Å². The lowest BCUT2D eigenvalue weighted by molar-refractivity contribution is -0.119. The van der Waals surface area contributed by atoms with Gasteiger partial charge in [0, 0.05) is 22.0 Å². The molecule has 0 saturated heterocycles. The average molecular weight is 504 g/mol. The number of halogens is 1. The van der Waals surface area contributed by atoms with Gasteiger partial charge >= 0.3 is 11.9 Å². The van der Waals surface area contributed by atoms with E-state index in [-0.39, 0.29) is 22.7 Å². The number of thiophene rings is 1. The van der Waals surface area contributed by atoms with Crippen molar-refractivity contribution in [1.29, 1.82) is 0 Å². The number of benzene rings is 2. The van der Waals surface area contributed by atoms with Crippen LogP contribution in [0, 0.1) is 0 Å². The summed E-state index contributed by atoms with van der Waals surface area (Å²) >= 11 is 7.12. The highest BCUT2D eigenvalue weighted by Gasteiger charge is 2.23. The predicted molar refractivity (Wildman–Crippen MR) is 129 cm³/mol. The van der Waals surface area contributed by atoms with Gasteiger partial charge in [-0.2, -0.15) is 0 Å². The van der Waals surface area contributed by atoms with E-state index in [2.05, 4.69) is 5.32 Å². The fraction of sp³-hybridized carbons (Fsp3) is 0.208. The lowest BCUT2D eigenvalue weighted by Gasteiger charge is -2.10. The zero-order chi connectivity index (χ0) is 24.7. The van der Waals surface area contributed by atoms with E-state index in [1.54, 1.807) is 42.6 Å². The van der Waals surface area contributed by atoms with Crippen molar-refractivity contribution < 1.29 is 33.3 Å². The summed E-state index contributed by atoms with van der Waals surface area (Å²) in [5.74, 6) is -1.11. The molecule has 178 valence electrons. The van der Waals surface area contributed by atoms with Gasteiger partial charge in [-0.3, -0.25) is 4.79 Å². The van der Waals surface area contributed by atoms with Crippen molar-refractivity contribution in [2.75, 3.05) is 32.8 Å². The molecular formula is C24H22ClNO7S. The largest absolute Gasteiger partial charge is 0.497 e. The van der Waals surface area contributed by atoms with Gasteiger partial charge in [0.05, 0.1) is 26.4 Å². The molecule has 10 heteroatoms. The lowest BCUT2D eigenvalue weighted by Crippen LogP contribution is -2.21. The molecule has 8 nitrogen and oxygen atoms in total. The fourth-order valence-corrected chi connectivity index (χ4v) is 4.10. The molecule has 0 unspecified atom stereocenters. The highest BCUT2D eigenvalue weighted by molar-refractivity contribution is 7.15. The third-order valence-electron chi connectivity index (χ3n) is 4.60. The smallest absolute Gasteiger partial charge is 0.341 e. The van der Waals surface area contributed by atoms with Crippen LogP contribution in [0.15, 0.2) is 47.8 Å². The van der Waals surface area contributed by atoms with E-state index in [0.717, 1.165) is 16.9 Å². The normalized spacial score (nSPS) is 10.4. The Labute approximate surface area is 205 Å². The molecule has 0 bridgehead atoms. The van der Waals surface area contributed by atoms with E-state index < -0.39 is 24.5 Å². The van der Waals surface area contributed by atoms with Crippen LogP contribution >= 0.6 is 22.9 Å². The highest BCUT2D eigenvalue weighted by atomic mass is 35.5. The van der Waals surface area contributed by atoms with Gasteiger partial charge in [0.15, 0.2) is 6.61 Å². The summed E-state index contributed by atoms with van der Waals surface area (Å²) in [4.78, 5) is 37.6. The SMILES string of the molecule is CCOC(=O)c1c(-c2ccc(Cl)cc2)csc1NC(=O)COC(=O)c1cc(OC)cc(OC)c1. The van der Waals surface area contributed by atoms with Crippen LogP contribution in [0.3, 0.4) is 0 Å². The predicted octanol–water partition coefficient (Wildman–Crippen LogP) is 5.06. The zero-order valence-electron chi connectivity index (χ0n) is 18.7. The summed E-state index contributed by atoms with van der Waals surface area (Å²) in [7, 11) is 2.91. The van der Waals surface area contributed by atoms with Crippen LogP contribution in [-0.4, -0.2) is 45.3 Å². The molecule has 34 heavy (non-hydrogen) atoms. The number of esters is 2. The van der Waals surface area contributed by atoms with Crippen LogP contribution in [0.4, 0.5) is 5.00 Å². The van der Waals surface area contributed by atoms with Crippen LogP contribution < -0.4 is 14.8 Å². The molecule has 0 saturated carbocycles. The zero-order valence-corrected chi connectivity index (χ0v) is 20.2. The maximum absolute atomic E-state index is 12.6. The maximum Gasteiger partial charge on any atom is 0.341 e. The van der Waals surface area contributed by atoms with Crippen molar-refractivity contribution in [3.63, 3.8) is 0 Å². The average Bonchev–Trinajstić information content (AvgIpc) is 3.26. The number of carbonyl (C=O) groups is 3. The van der Waals surface area contributed by atoms with Gasteiger partial charge in [-0.15, -0.1) is 11.3 Å². The lowest BCUT2D eigenvalue weighted by atomic mass is 10.0. The number of ether oxygens (including phenoxy) is 4. The first-order valence-electron chi connectivity index (χ1n) is 10.1. The van der Waals surface area contributed by atoms with Crippen molar-refractivity contribution in [3.8, 4) is 22.6 Å². The molecule has 0 aliphatic rings. The second-order valence-electron chi connectivity index (χ2n) is 6.81. The Morgan fingerprint density at radius 2 is 1.59 bits per heavy atom. The molecule has 0 aliphatic carbocycles. The monoisotopic (exact) mass is 503 g/mol. The Bertz CT molecular complexity index is 1170. The second kappa shape index (κ2) is 11.5. The highest BCUT2D eigenvalue weighted by Crippen LogP contribution is 2.36. The van der Waals surface area contributed by atoms with Crippen molar-refractivity contribution in [2.24, 2.45) is 0 Å². The summed E-state index contributed by atoms with van der Waals surface area (Å²) in [5.41, 5.74) is 1.71. The molecule has 3 aromatic rings. The van der Waals surface area contributed by atoms with Gasteiger partial charge in [0.2, 0.25) is 0 Å². The van der Waals surface area contributed by atoms with Crippen molar-refractivity contribution >= 4 is 45.8 Å². The molecule has 3 rings (SSSR count). The minimum Gasteiger partial charge on any atom is -0.497 e. The van der Waals surface area contributed by atoms with Gasteiger partial charge < -0.3 is 24.3 Å². The van der Waals surface area contributed by atoms with E-state index in [4.69, 9.17) is 30.5 Å². The number of hydrogen-bond donors (Lipinski definition) is 1. The third kappa shape index (κ3) is 6.06. The number of rotatable bonds is 9. The van der Waals surface area contributed by atoms with Gasteiger partial charge in [-0.05, 0) is 36.8 Å². The molecule has 1 heterocycles. The Balaban J connectivity index is 1.75. The first-order valence-corrected chi connectivity index (χ1v) is 11.4. The number of amides is 1. The molecule has 0 spiro atoms. The van der Waals surface area contributed by atoms with Crippen molar-refractivity contribution in [3.05, 3.63) is 64.0 Å². The topological polar surface area (TPSA) is 100 Å². The van der Waals surface area contributed by atoms with Crippen LogP contribution in [0.1, 0.15) is 27.6 Å². The van der Waals surface area contributed by atoms with Crippen LogP contribution in [-0.2, 0) is 14.3 Å². The van der Waals surface area contributed by atoms with E-state index in [9.17, 15) is 14.4 Å². The first kappa shape index (κ1) is 25.1. The van der Waals surface area contributed by atoms with Gasteiger partial charge in [0.25, 0.3) is 5.91 Å². The number of anilines is 1. The Kier molecular flexibility index (Phi) is 8.50. The standard InChI is InChI=1S/C24H22ClNO7S/c1-4-32-24(29)21-19(14-5-7-16(25)8-6-14)13-34-22(21)26-20(27)12-33-23(28)15-9-17(30-2)11-18(10-15)31-3/h5-11,13H,4,12H2,1-3H3,(H,26,27). The molecule has 0 fully saturated rings. The Morgan fingerprint density at radius 1 is 0.941 bits per heavy atom. The van der Waals surface area contributed by atoms with Gasteiger partial charge in [0.1, 0.15) is 22.1 Å². The number of carbonyl (C=O) groups excluding carboxylic acids is 3.